The summed E-state index contributed by atoms with van der Waals surface area (Å²) in [6.07, 6.45) is 6.30. The van der Waals surface area contributed by atoms with Crippen LogP contribution in [0.25, 0.3) is 0 Å². The average molecular weight is 208 g/mol. The molecule has 0 fully saturated rings. The van der Waals surface area contributed by atoms with Crippen molar-refractivity contribution in [3.8, 4) is 0 Å². The Kier molecular flexibility index (Phi) is 4.15. The maximum Gasteiger partial charge on any atom is 0.125 e. The van der Waals surface area contributed by atoms with Crippen LogP contribution in [0.3, 0.4) is 0 Å². The summed E-state index contributed by atoms with van der Waals surface area (Å²) in [5.74, 6) is 0.832. The second-order valence-electron chi connectivity index (χ2n) is 4.23. The van der Waals surface area contributed by atoms with Crippen molar-refractivity contribution in [2.24, 2.45) is 0 Å². The van der Waals surface area contributed by atoms with E-state index in [4.69, 9.17) is 9.47 Å². The molecule has 84 valence electrons. The van der Waals surface area contributed by atoms with Crippen LogP contribution in [0, 0.1) is 0 Å². The third kappa shape index (κ3) is 3.92. The van der Waals surface area contributed by atoms with Crippen molar-refractivity contribution >= 4 is 0 Å². The molecule has 0 aromatic heterocycles. The topological polar surface area (TPSA) is 18.5 Å². The van der Waals surface area contributed by atoms with E-state index in [1.807, 2.05) is 45.9 Å². The molecule has 2 nitrogen and oxygen atoms in total. The number of ether oxygens (including phenoxy) is 2. The maximum atomic E-state index is 5.67. The van der Waals surface area contributed by atoms with Crippen LogP contribution in [-0.2, 0) is 9.47 Å². The molecule has 0 amide bonds. The molecule has 1 aliphatic carbocycles. The molecular weight excluding hydrogens is 188 g/mol. The SMILES string of the molecule is C=C1C=CC(OC(C)C)C=C1OC(C)C. The predicted molar refractivity (Wildman–Crippen MR) is 62.6 cm³/mol. The van der Waals surface area contributed by atoms with Gasteiger partial charge in [-0.1, -0.05) is 18.7 Å². The first-order valence-corrected chi connectivity index (χ1v) is 5.40. The van der Waals surface area contributed by atoms with Gasteiger partial charge in [-0.05, 0) is 33.8 Å². The number of hydrogen-bond donors (Lipinski definition) is 0. The minimum absolute atomic E-state index is 0.00394. The first kappa shape index (κ1) is 12.1. The van der Waals surface area contributed by atoms with E-state index in [9.17, 15) is 0 Å². The van der Waals surface area contributed by atoms with Crippen molar-refractivity contribution in [3.63, 3.8) is 0 Å². The van der Waals surface area contributed by atoms with Gasteiger partial charge in [-0.15, -0.1) is 0 Å². The smallest absolute Gasteiger partial charge is 0.125 e. The summed E-state index contributed by atoms with van der Waals surface area (Å²) in [7, 11) is 0. The van der Waals surface area contributed by atoms with Crippen LogP contribution in [0.15, 0.2) is 36.1 Å². The summed E-state index contributed by atoms with van der Waals surface area (Å²) < 4.78 is 11.3. The largest absolute Gasteiger partial charge is 0.491 e. The summed E-state index contributed by atoms with van der Waals surface area (Å²) in [6, 6.07) is 0. The summed E-state index contributed by atoms with van der Waals surface area (Å²) in [5, 5.41) is 0. The first-order valence-electron chi connectivity index (χ1n) is 5.40. The van der Waals surface area contributed by atoms with Crippen LogP contribution in [-0.4, -0.2) is 18.3 Å². The molecule has 1 aliphatic rings. The fourth-order valence-corrected chi connectivity index (χ4v) is 1.37. The molecule has 0 aromatic rings. The highest BCUT2D eigenvalue weighted by atomic mass is 16.5. The highest BCUT2D eigenvalue weighted by molar-refractivity contribution is 5.39. The van der Waals surface area contributed by atoms with E-state index >= 15 is 0 Å². The molecule has 15 heavy (non-hydrogen) atoms. The van der Waals surface area contributed by atoms with E-state index in [0.29, 0.717) is 0 Å². The normalized spacial score (nSPS) is 21.1. The molecule has 0 saturated heterocycles. The number of hydrogen-bond acceptors (Lipinski definition) is 2. The number of rotatable bonds is 4. The third-order valence-electron chi connectivity index (χ3n) is 1.91. The standard InChI is InChI=1S/C13H20O2/c1-9(2)14-12-7-6-11(5)13(8-12)15-10(3)4/h6-10,12H,5H2,1-4H3. The lowest BCUT2D eigenvalue weighted by molar-refractivity contribution is 0.0559. The zero-order valence-electron chi connectivity index (χ0n) is 9.99. The summed E-state index contributed by atoms with van der Waals surface area (Å²) in [5.41, 5.74) is 0.910. The van der Waals surface area contributed by atoms with Crippen molar-refractivity contribution in [2.45, 2.75) is 46.0 Å². The highest BCUT2D eigenvalue weighted by Crippen LogP contribution is 2.21. The van der Waals surface area contributed by atoms with Gasteiger partial charge in [0.15, 0.2) is 0 Å². The molecule has 0 aromatic carbocycles. The third-order valence-corrected chi connectivity index (χ3v) is 1.91. The molecule has 0 saturated carbocycles. The van der Waals surface area contributed by atoms with Gasteiger partial charge in [-0.3, -0.25) is 0 Å². The second-order valence-corrected chi connectivity index (χ2v) is 4.23. The van der Waals surface area contributed by atoms with Crippen molar-refractivity contribution in [2.75, 3.05) is 0 Å². The molecule has 1 atom stereocenters. The van der Waals surface area contributed by atoms with Gasteiger partial charge in [0, 0.05) is 5.57 Å². The monoisotopic (exact) mass is 208 g/mol. The highest BCUT2D eigenvalue weighted by Gasteiger charge is 2.14. The minimum Gasteiger partial charge on any atom is -0.491 e. The van der Waals surface area contributed by atoms with E-state index < -0.39 is 0 Å². The Morgan fingerprint density at radius 2 is 1.87 bits per heavy atom. The Morgan fingerprint density at radius 1 is 1.20 bits per heavy atom. The lowest BCUT2D eigenvalue weighted by atomic mass is 10.1. The summed E-state index contributed by atoms with van der Waals surface area (Å²) >= 11 is 0. The Hall–Kier alpha value is -1.02. The lowest BCUT2D eigenvalue weighted by Crippen LogP contribution is -2.17. The van der Waals surface area contributed by atoms with Crippen molar-refractivity contribution in [1.82, 2.24) is 0 Å². The molecule has 0 spiro atoms. The summed E-state index contributed by atoms with van der Waals surface area (Å²) in [6.45, 7) is 12.0. The van der Waals surface area contributed by atoms with E-state index in [0.717, 1.165) is 11.3 Å². The maximum absolute atomic E-state index is 5.67. The summed E-state index contributed by atoms with van der Waals surface area (Å²) in [4.78, 5) is 0. The average Bonchev–Trinajstić information content (AvgIpc) is 2.09. The molecule has 0 radical (unpaired) electrons. The second kappa shape index (κ2) is 5.17. The molecule has 0 bridgehead atoms. The van der Waals surface area contributed by atoms with Crippen molar-refractivity contribution in [1.29, 1.82) is 0 Å². The molecule has 0 aliphatic heterocycles. The van der Waals surface area contributed by atoms with Gasteiger partial charge >= 0.3 is 0 Å². The van der Waals surface area contributed by atoms with Gasteiger partial charge in [0.05, 0.1) is 18.3 Å². The van der Waals surface area contributed by atoms with Crippen LogP contribution < -0.4 is 0 Å². The van der Waals surface area contributed by atoms with Crippen LogP contribution >= 0.6 is 0 Å². The van der Waals surface area contributed by atoms with Gasteiger partial charge in [-0.25, -0.2) is 0 Å². The minimum atomic E-state index is 0.00394. The predicted octanol–water partition coefficient (Wildman–Crippen LogP) is 3.21. The Labute approximate surface area is 92.3 Å². The molecule has 1 rings (SSSR count). The Bertz CT molecular complexity index is 285. The van der Waals surface area contributed by atoms with E-state index in [1.165, 1.54) is 0 Å². The van der Waals surface area contributed by atoms with E-state index in [-0.39, 0.29) is 18.3 Å². The molecule has 0 N–H and O–H groups in total. The lowest BCUT2D eigenvalue weighted by Gasteiger charge is -2.22. The van der Waals surface area contributed by atoms with Gasteiger partial charge < -0.3 is 9.47 Å². The fraction of sp³-hybridized carbons (Fsp3) is 0.538. The van der Waals surface area contributed by atoms with Gasteiger partial charge in [0.1, 0.15) is 5.76 Å². The Balaban J connectivity index is 2.67. The fourth-order valence-electron chi connectivity index (χ4n) is 1.37. The molecule has 1 unspecified atom stereocenters. The van der Waals surface area contributed by atoms with E-state index in [1.54, 1.807) is 0 Å². The van der Waals surface area contributed by atoms with Gasteiger partial charge in [0.2, 0.25) is 0 Å². The zero-order valence-corrected chi connectivity index (χ0v) is 9.99. The van der Waals surface area contributed by atoms with Crippen LogP contribution in [0.4, 0.5) is 0 Å². The van der Waals surface area contributed by atoms with Crippen LogP contribution in [0.2, 0.25) is 0 Å². The van der Waals surface area contributed by atoms with Gasteiger partial charge in [-0.2, -0.15) is 0 Å². The molecule has 2 heteroatoms. The quantitative estimate of drug-likeness (QED) is 0.706. The van der Waals surface area contributed by atoms with Gasteiger partial charge in [0.25, 0.3) is 0 Å². The van der Waals surface area contributed by atoms with E-state index in [2.05, 4.69) is 6.58 Å². The van der Waals surface area contributed by atoms with Crippen molar-refractivity contribution in [3.05, 3.63) is 36.1 Å². The Morgan fingerprint density at radius 3 is 2.40 bits per heavy atom. The van der Waals surface area contributed by atoms with Crippen LogP contribution in [0.1, 0.15) is 27.7 Å². The zero-order chi connectivity index (χ0) is 11.4. The molecule has 0 heterocycles. The molecular formula is C13H20O2. The van der Waals surface area contributed by atoms with Crippen molar-refractivity contribution < 1.29 is 9.47 Å². The van der Waals surface area contributed by atoms with Crippen LogP contribution in [0.5, 0.6) is 0 Å². The first-order chi connectivity index (χ1) is 6.99. The number of allylic oxidation sites excluding steroid dienone is 1.